The Balaban J connectivity index is 2.03. The Hall–Kier alpha value is -1.30. The van der Waals surface area contributed by atoms with E-state index in [1.54, 1.807) is 0 Å². The Labute approximate surface area is 110 Å². The van der Waals surface area contributed by atoms with E-state index < -0.39 is 11.7 Å². The number of halogens is 3. The molecule has 0 saturated carbocycles. The molecule has 106 valence electrons. The number of aromatic nitrogens is 1. The Morgan fingerprint density at radius 3 is 2.95 bits per heavy atom. The second-order valence-electron chi connectivity index (χ2n) is 4.80. The number of nitrogens with zero attached hydrogens (tertiary/aromatic N) is 2. The Morgan fingerprint density at radius 2 is 2.26 bits per heavy atom. The van der Waals surface area contributed by atoms with Crippen molar-refractivity contribution in [1.82, 2.24) is 9.88 Å². The van der Waals surface area contributed by atoms with Crippen LogP contribution < -0.4 is 5.32 Å². The van der Waals surface area contributed by atoms with E-state index in [4.69, 9.17) is 0 Å². The summed E-state index contributed by atoms with van der Waals surface area (Å²) in [5.74, 6) is 0.303. The zero-order valence-corrected chi connectivity index (χ0v) is 10.9. The van der Waals surface area contributed by atoms with Gasteiger partial charge in [0.25, 0.3) is 0 Å². The van der Waals surface area contributed by atoms with Crippen molar-refractivity contribution in [1.29, 1.82) is 0 Å². The third kappa shape index (κ3) is 3.83. The van der Waals surface area contributed by atoms with Crippen molar-refractivity contribution in [3.63, 3.8) is 0 Å². The molecule has 0 amide bonds. The minimum absolute atomic E-state index is 0.171. The van der Waals surface area contributed by atoms with Crippen LogP contribution in [0.4, 0.5) is 19.0 Å². The standard InChI is InChI=1S/C13H18F3N3/c1-2-19-7-3-4-11(9-19)18-12-8-10(5-6-17-12)13(14,15)16/h5-6,8,11H,2-4,7,9H2,1H3,(H,17,18). The third-order valence-corrected chi connectivity index (χ3v) is 3.39. The normalized spacial score (nSPS) is 21.4. The molecule has 1 N–H and O–H groups in total. The van der Waals surface area contributed by atoms with E-state index in [2.05, 4.69) is 22.1 Å². The molecule has 0 aromatic carbocycles. The molecule has 0 bridgehead atoms. The second-order valence-corrected chi connectivity index (χ2v) is 4.80. The van der Waals surface area contributed by atoms with Gasteiger partial charge in [-0.3, -0.25) is 0 Å². The summed E-state index contributed by atoms with van der Waals surface area (Å²) in [5.41, 5.74) is -0.659. The van der Waals surface area contributed by atoms with Gasteiger partial charge < -0.3 is 10.2 Å². The first kappa shape index (κ1) is 14.1. The van der Waals surface area contributed by atoms with Crippen LogP contribution in [0.25, 0.3) is 0 Å². The summed E-state index contributed by atoms with van der Waals surface area (Å²) in [4.78, 5) is 6.25. The lowest BCUT2D eigenvalue weighted by molar-refractivity contribution is -0.137. The van der Waals surface area contributed by atoms with Gasteiger partial charge in [-0.2, -0.15) is 13.2 Å². The third-order valence-electron chi connectivity index (χ3n) is 3.39. The first-order chi connectivity index (χ1) is 8.99. The first-order valence-corrected chi connectivity index (χ1v) is 6.51. The van der Waals surface area contributed by atoms with E-state index >= 15 is 0 Å². The SMILES string of the molecule is CCN1CCCC(Nc2cc(C(F)(F)F)ccn2)C1. The maximum atomic E-state index is 12.6. The molecule has 0 aliphatic carbocycles. The molecule has 0 spiro atoms. The Kier molecular flexibility index (Phi) is 4.29. The predicted molar refractivity (Wildman–Crippen MR) is 68.0 cm³/mol. The van der Waals surface area contributed by atoms with Crippen LogP contribution in [0.5, 0.6) is 0 Å². The second kappa shape index (κ2) is 5.77. The highest BCUT2D eigenvalue weighted by Crippen LogP contribution is 2.30. The van der Waals surface area contributed by atoms with Gasteiger partial charge in [0.2, 0.25) is 0 Å². The lowest BCUT2D eigenvalue weighted by Gasteiger charge is -2.32. The van der Waals surface area contributed by atoms with E-state index in [1.165, 1.54) is 6.20 Å². The topological polar surface area (TPSA) is 28.2 Å². The minimum atomic E-state index is -4.32. The van der Waals surface area contributed by atoms with Gasteiger partial charge in [0.15, 0.2) is 0 Å². The number of anilines is 1. The maximum Gasteiger partial charge on any atom is 0.416 e. The van der Waals surface area contributed by atoms with Crippen LogP contribution >= 0.6 is 0 Å². The van der Waals surface area contributed by atoms with Crippen LogP contribution in [0.3, 0.4) is 0 Å². The minimum Gasteiger partial charge on any atom is -0.366 e. The van der Waals surface area contributed by atoms with Gasteiger partial charge in [0, 0.05) is 18.8 Å². The van der Waals surface area contributed by atoms with Crippen molar-refractivity contribution in [2.45, 2.75) is 32.0 Å². The summed E-state index contributed by atoms with van der Waals surface area (Å²) in [6.45, 7) is 4.97. The monoisotopic (exact) mass is 273 g/mol. The summed E-state index contributed by atoms with van der Waals surface area (Å²) in [7, 11) is 0. The van der Waals surface area contributed by atoms with E-state index in [9.17, 15) is 13.2 Å². The molecule has 2 rings (SSSR count). The number of hydrogen-bond acceptors (Lipinski definition) is 3. The molecule has 19 heavy (non-hydrogen) atoms. The number of hydrogen-bond donors (Lipinski definition) is 1. The summed E-state index contributed by atoms with van der Waals surface area (Å²) in [6, 6.07) is 2.24. The zero-order chi connectivity index (χ0) is 13.9. The molecule has 6 heteroatoms. The highest BCUT2D eigenvalue weighted by Gasteiger charge is 2.31. The van der Waals surface area contributed by atoms with Crippen molar-refractivity contribution in [3.05, 3.63) is 23.9 Å². The summed E-state index contributed by atoms with van der Waals surface area (Å²) < 4.78 is 37.8. The molecule has 3 nitrogen and oxygen atoms in total. The number of piperidine rings is 1. The Bertz CT molecular complexity index is 420. The van der Waals surface area contributed by atoms with E-state index in [0.717, 1.165) is 44.6 Å². The number of alkyl halides is 3. The predicted octanol–water partition coefficient (Wildman–Crippen LogP) is 3.00. The van der Waals surface area contributed by atoms with Gasteiger partial charge in [-0.15, -0.1) is 0 Å². The molecule has 1 aromatic rings. The van der Waals surface area contributed by atoms with Crippen LogP contribution in [0, 0.1) is 0 Å². The van der Waals surface area contributed by atoms with Crippen LogP contribution in [-0.4, -0.2) is 35.6 Å². The summed E-state index contributed by atoms with van der Waals surface area (Å²) in [6.07, 6.45) is -1.09. The molecule has 1 aliphatic heterocycles. The van der Waals surface area contributed by atoms with Crippen molar-refractivity contribution in [2.75, 3.05) is 25.0 Å². The zero-order valence-electron chi connectivity index (χ0n) is 10.9. The van der Waals surface area contributed by atoms with Crippen LogP contribution in [-0.2, 0) is 6.18 Å². The van der Waals surface area contributed by atoms with Gasteiger partial charge in [0.05, 0.1) is 5.56 Å². The molecule has 0 radical (unpaired) electrons. The Morgan fingerprint density at radius 1 is 1.47 bits per heavy atom. The van der Waals surface area contributed by atoms with E-state index in [0.29, 0.717) is 5.82 Å². The quantitative estimate of drug-likeness (QED) is 0.917. The number of nitrogens with one attached hydrogen (secondary N) is 1. The van der Waals surface area contributed by atoms with Crippen LogP contribution in [0.2, 0.25) is 0 Å². The molecule has 1 aliphatic rings. The molecule has 1 unspecified atom stereocenters. The molecule has 1 fully saturated rings. The number of likely N-dealkylation sites (N-methyl/N-ethyl adjacent to an activating group) is 1. The fourth-order valence-corrected chi connectivity index (χ4v) is 2.36. The van der Waals surface area contributed by atoms with Crippen molar-refractivity contribution in [3.8, 4) is 0 Å². The number of rotatable bonds is 3. The van der Waals surface area contributed by atoms with Gasteiger partial charge in [0.1, 0.15) is 5.82 Å². The maximum absolute atomic E-state index is 12.6. The lowest BCUT2D eigenvalue weighted by Crippen LogP contribution is -2.42. The van der Waals surface area contributed by atoms with E-state index in [-0.39, 0.29) is 6.04 Å². The molecule has 2 heterocycles. The fraction of sp³-hybridized carbons (Fsp3) is 0.615. The van der Waals surface area contributed by atoms with Gasteiger partial charge in [-0.25, -0.2) is 4.98 Å². The van der Waals surface area contributed by atoms with Crippen LogP contribution in [0.15, 0.2) is 18.3 Å². The summed E-state index contributed by atoms with van der Waals surface area (Å²) in [5, 5.41) is 3.10. The smallest absolute Gasteiger partial charge is 0.366 e. The number of likely N-dealkylation sites (tertiary alicyclic amines) is 1. The molecule has 1 aromatic heterocycles. The van der Waals surface area contributed by atoms with Gasteiger partial charge >= 0.3 is 6.18 Å². The highest BCUT2D eigenvalue weighted by atomic mass is 19.4. The lowest BCUT2D eigenvalue weighted by atomic mass is 10.1. The van der Waals surface area contributed by atoms with E-state index in [1.807, 2.05) is 0 Å². The van der Waals surface area contributed by atoms with Crippen molar-refractivity contribution >= 4 is 5.82 Å². The van der Waals surface area contributed by atoms with Gasteiger partial charge in [-0.05, 0) is 38.1 Å². The van der Waals surface area contributed by atoms with Gasteiger partial charge in [-0.1, -0.05) is 6.92 Å². The molecule has 1 atom stereocenters. The molecule has 1 saturated heterocycles. The van der Waals surface area contributed by atoms with Crippen LogP contribution in [0.1, 0.15) is 25.3 Å². The highest BCUT2D eigenvalue weighted by molar-refractivity contribution is 5.39. The average molecular weight is 273 g/mol. The molecular weight excluding hydrogens is 255 g/mol. The largest absolute Gasteiger partial charge is 0.416 e. The molecular formula is C13H18F3N3. The van der Waals surface area contributed by atoms with Crippen molar-refractivity contribution in [2.24, 2.45) is 0 Å². The number of pyridine rings is 1. The average Bonchev–Trinajstić information content (AvgIpc) is 2.38. The van der Waals surface area contributed by atoms with Crippen molar-refractivity contribution < 1.29 is 13.2 Å². The first-order valence-electron chi connectivity index (χ1n) is 6.51. The fourth-order valence-electron chi connectivity index (χ4n) is 2.36. The summed E-state index contributed by atoms with van der Waals surface area (Å²) >= 11 is 0.